The second-order valence-electron chi connectivity index (χ2n) is 4.02. The Kier molecular flexibility index (Phi) is 6.00. The van der Waals surface area contributed by atoms with Crippen LogP contribution in [0.2, 0.25) is 5.02 Å². The zero-order valence-electron chi connectivity index (χ0n) is 10.1. The van der Waals surface area contributed by atoms with Crippen molar-refractivity contribution in [2.45, 2.75) is 26.7 Å². The molecule has 0 aliphatic rings. The van der Waals surface area contributed by atoms with Crippen LogP contribution in [-0.4, -0.2) is 12.5 Å². The largest absolute Gasteiger partial charge is 0.352 e. The number of carbonyl (C=O) groups is 1. The molecule has 0 aliphatic heterocycles. The van der Waals surface area contributed by atoms with Crippen molar-refractivity contribution in [2.24, 2.45) is 5.92 Å². The van der Waals surface area contributed by atoms with Crippen molar-refractivity contribution in [3.63, 3.8) is 0 Å². The van der Waals surface area contributed by atoms with E-state index in [9.17, 15) is 4.79 Å². The van der Waals surface area contributed by atoms with Crippen LogP contribution < -0.4 is 5.32 Å². The minimum Gasteiger partial charge on any atom is -0.352 e. The molecule has 94 valence electrons. The van der Waals surface area contributed by atoms with Crippen molar-refractivity contribution in [1.29, 1.82) is 0 Å². The van der Waals surface area contributed by atoms with E-state index in [0.29, 0.717) is 16.5 Å². The average Bonchev–Trinajstić information content (AvgIpc) is 2.30. The van der Waals surface area contributed by atoms with Crippen LogP contribution >= 0.6 is 27.5 Å². The predicted molar refractivity (Wildman–Crippen MR) is 75.6 cm³/mol. The highest BCUT2D eigenvalue weighted by Crippen LogP contribution is 2.21. The average molecular weight is 319 g/mol. The lowest BCUT2D eigenvalue weighted by atomic mass is 10.0. The van der Waals surface area contributed by atoms with Crippen LogP contribution in [-0.2, 0) is 0 Å². The van der Waals surface area contributed by atoms with E-state index in [1.54, 1.807) is 18.2 Å². The molecule has 17 heavy (non-hydrogen) atoms. The molecule has 0 aromatic heterocycles. The van der Waals surface area contributed by atoms with Gasteiger partial charge in [0.2, 0.25) is 0 Å². The highest BCUT2D eigenvalue weighted by Gasteiger charge is 2.11. The number of rotatable bonds is 5. The van der Waals surface area contributed by atoms with Crippen molar-refractivity contribution < 1.29 is 4.79 Å². The van der Waals surface area contributed by atoms with E-state index in [0.717, 1.165) is 23.9 Å². The third-order valence-corrected chi connectivity index (χ3v) is 3.77. The minimum absolute atomic E-state index is 0.0551. The Labute approximate surface area is 116 Å². The van der Waals surface area contributed by atoms with Crippen LogP contribution in [0.1, 0.15) is 37.0 Å². The van der Waals surface area contributed by atoms with E-state index in [1.807, 2.05) is 0 Å². The number of hydrogen-bond acceptors (Lipinski definition) is 1. The van der Waals surface area contributed by atoms with Crippen LogP contribution in [0.4, 0.5) is 0 Å². The van der Waals surface area contributed by atoms with Crippen LogP contribution in [0.5, 0.6) is 0 Å². The minimum atomic E-state index is -0.0551. The third kappa shape index (κ3) is 4.32. The molecule has 1 rings (SSSR count). The quantitative estimate of drug-likeness (QED) is 0.863. The third-order valence-electron chi connectivity index (χ3n) is 2.88. The fraction of sp³-hybridized carbons (Fsp3) is 0.462. The molecular formula is C13H17BrClNO. The van der Waals surface area contributed by atoms with Gasteiger partial charge in [-0.25, -0.2) is 0 Å². The highest BCUT2D eigenvalue weighted by molar-refractivity contribution is 9.10. The van der Waals surface area contributed by atoms with Crippen LogP contribution in [0.25, 0.3) is 0 Å². The summed E-state index contributed by atoms with van der Waals surface area (Å²) in [5.74, 6) is 0.491. The predicted octanol–water partition coefficient (Wildman–Crippen LogP) is 4.27. The summed E-state index contributed by atoms with van der Waals surface area (Å²) < 4.78 is 0.729. The molecule has 0 unspecified atom stereocenters. The van der Waals surface area contributed by atoms with Gasteiger partial charge < -0.3 is 5.32 Å². The number of carbonyl (C=O) groups excluding carboxylic acids is 1. The first-order valence-electron chi connectivity index (χ1n) is 5.81. The highest BCUT2D eigenvalue weighted by atomic mass is 79.9. The molecule has 1 aromatic rings. The maximum Gasteiger partial charge on any atom is 0.252 e. The van der Waals surface area contributed by atoms with Gasteiger partial charge in [0.05, 0.1) is 5.56 Å². The van der Waals surface area contributed by atoms with Crippen molar-refractivity contribution >= 4 is 33.4 Å². The summed E-state index contributed by atoms with van der Waals surface area (Å²) in [6.07, 6.45) is 2.16. The number of nitrogens with one attached hydrogen (secondary N) is 1. The van der Waals surface area contributed by atoms with Gasteiger partial charge in [0.25, 0.3) is 5.91 Å². The number of benzene rings is 1. The Hall–Kier alpha value is -0.540. The summed E-state index contributed by atoms with van der Waals surface area (Å²) in [6.45, 7) is 5.00. The Bertz CT molecular complexity index is 391. The van der Waals surface area contributed by atoms with E-state index >= 15 is 0 Å². The Balaban J connectivity index is 2.64. The molecule has 1 amide bonds. The maximum absolute atomic E-state index is 11.9. The summed E-state index contributed by atoms with van der Waals surface area (Å²) in [5, 5.41) is 3.57. The van der Waals surface area contributed by atoms with Crippen LogP contribution in [0.3, 0.4) is 0 Å². The summed E-state index contributed by atoms with van der Waals surface area (Å²) in [4.78, 5) is 11.9. The molecule has 0 saturated heterocycles. The molecule has 0 spiro atoms. The van der Waals surface area contributed by atoms with Crippen molar-refractivity contribution in [2.75, 3.05) is 6.54 Å². The Morgan fingerprint density at radius 3 is 2.59 bits per heavy atom. The van der Waals surface area contributed by atoms with Crippen molar-refractivity contribution in [3.8, 4) is 0 Å². The first-order chi connectivity index (χ1) is 8.08. The van der Waals surface area contributed by atoms with E-state index in [2.05, 4.69) is 35.1 Å². The molecule has 1 aromatic carbocycles. The van der Waals surface area contributed by atoms with Gasteiger partial charge in [-0.2, -0.15) is 0 Å². The summed E-state index contributed by atoms with van der Waals surface area (Å²) in [7, 11) is 0. The second-order valence-corrected chi connectivity index (χ2v) is 5.31. The van der Waals surface area contributed by atoms with Gasteiger partial charge in [-0.15, -0.1) is 0 Å². The van der Waals surface area contributed by atoms with Crippen molar-refractivity contribution in [1.82, 2.24) is 5.32 Å². The smallest absolute Gasteiger partial charge is 0.252 e. The molecule has 0 saturated carbocycles. The molecule has 0 radical (unpaired) electrons. The number of halogens is 2. The number of hydrogen-bond donors (Lipinski definition) is 1. The molecular weight excluding hydrogens is 302 g/mol. The van der Waals surface area contributed by atoms with E-state index in [4.69, 9.17) is 11.6 Å². The topological polar surface area (TPSA) is 29.1 Å². The van der Waals surface area contributed by atoms with Gasteiger partial charge >= 0.3 is 0 Å². The Morgan fingerprint density at radius 1 is 1.41 bits per heavy atom. The molecule has 2 nitrogen and oxygen atoms in total. The lowest BCUT2D eigenvalue weighted by Gasteiger charge is -2.13. The van der Waals surface area contributed by atoms with Gasteiger partial charge in [-0.3, -0.25) is 4.79 Å². The van der Waals surface area contributed by atoms with Gasteiger partial charge in [0.15, 0.2) is 0 Å². The number of amides is 1. The molecule has 0 heterocycles. The van der Waals surface area contributed by atoms with Gasteiger partial charge in [0.1, 0.15) is 0 Å². The summed E-state index contributed by atoms with van der Waals surface area (Å²) in [6, 6.07) is 5.18. The molecule has 0 bridgehead atoms. The van der Waals surface area contributed by atoms with E-state index in [-0.39, 0.29) is 5.91 Å². The standard InChI is InChI=1S/C13H17BrClNO/c1-3-9(4-2)8-16-13(17)11-6-5-10(15)7-12(11)14/h5-7,9H,3-4,8H2,1-2H3,(H,16,17). The van der Waals surface area contributed by atoms with Gasteiger partial charge in [-0.1, -0.05) is 38.3 Å². The van der Waals surface area contributed by atoms with Crippen molar-refractivity contribution in [3.05, 3.63) is 33.3 Å². The first kappa shape index (κ1) is 14.5. The van der Waals surface area contributed by atoms with Crippen LogP contribution in [0.15, 0.2) is 22.7 Å². The summed E-state index contributed by atoms with van der Waals surface area (Å²) >= 11 is 9.18. The molecule has 4 heteroatoms. The SMILES string of the molecule is CCC(CC)CNC(=O)c1ccc(Cl)cc1Br. The lowest BCUT2D eigenvalue weighted by Crippen LogP contribution is -2.29. The first-order valence-corrected chi connectivity index (χ1v) is 6.98. The fourth-order valence-electron chi connectivity index (χ4n) is 1.58. The molecule has 0 fully saturated rings. The summed E-state index contributed by atoms with van der Waals surface area (Å²) in [5.41, 5.74) is 0.625. The zero-order valence-corrected chi connectivity index (χ0v) is 12.4. The zero-order chi connectivity index (χ0) is 12.8. The van der Waals surface area contributed by atoms with E-state index in [1.165, 1.54) is 0 Å². The van der Waals surface area contributed by atoms with Gasteiger partial charge in [-0.05, 0) is 40.0 Å². The van der Waals surface area contributed by atoms with Crippen LogP contribution in [0, 0.1) is 5.92 Å². The lowest BCUT2D eigenvalue weighted by molar-refractivity contribution is 0.0945. The molecule has 0 aliphatic carbocycles. The van der Waals surface area contributed by atoms with Gasteiger partial charge in [0, 0.05) is 16.0 Å². The van der Waals surface area contributed by atoms with E-state index < -0.39 is 0 Å². The molecule has 0 atom stereocenters. The Morgan fingerprint density at radius 2 is 2.06 bits per heavy atom. The maximum atomic E-state index is 11.9. The normalized spacial score (nSPS) is 10.6. The molecule has 1 N–H and O–H groups in total. The fourth-order valence-corrected chi connectivity index (χ4v) is 2.45. The monoisotopic (exact) mass is 317 g/mol. The second kappa shape index (κ2) is 7.02.